The SMILES string of the molecule is CNCC1CCC1n1cnc2ccccc21. The average molecular weight is 215 g/mol. The Kier molecular flexibility index (Phi) is 2.40. The minimum Gasteiger partial charge on any atom is -0.327 e. The predicted molar refractivity (Wildman–Crippen MR) is 65.4 cm³/mol. The van der Waals surface area contributed by atoms with Gasteiger partial charge in [0.1, 0.15) is 0 Å². The van der Waals surface area contributed by atoms with E-state index in [0.29, 0.717) is 6.04 Å². The number of rotatable bonds is 3. The quantitative estimate of drug-likeness (QED) is 0.850. The highest BCUT2D eigenvalue weighted by molar-refractivity contribution is 5.75. The maximum Gasteiger partial charge on any atom is 0.0961 e. The summed E-state index contributed by atoms with van der Waals surface area (Å²) in [6.45, 7) is 1.11. The fourth-order valence-electron chi connectivity index (χ4n) is 2.66. The minimum atomic E-state index is 0.639. The fraction of sp³-hybridized carbons (Fsp3) is 0.462. The van der Waals surface area contributed by atoms with Gasteiger partial charge < -0.3 is 9.88 Å². The van der Waals surface area contributed by atoms with Gasteiger partial charge in [-0.15, -0.1) is 0 Å². The van der Waals surface area contributed by atoms with Crippen LogP contribution in [0, 0.1) is 5.92 Å². The van der Waals surface area contributed by atoms with E-state index in [1.54, 1.807) is 0 Å². The second kappa shape index (κ2) is 3.91. The number of benzene rings is 1. The van der Waals surface area contributed by atoms with E-state index in [-0.39, 0.29) is 0 Å². The lowest BCUT2D eigenvalue weighted by Gasteiger charge is -2.37. The first kappa shape index (κ1) is 9.85. The topological polar surface area (TPSA) is 29.9 Å². The van der Waals surface area contributed by atoms with E-state index in [1.807, 2.05) is 19.4 Å². The Balaban J connectivity index is 1.94. The molecule has 0 bridgehead atoms. The van der Waals surface area contributed by atoms with Crippen molar-refractivity contribution in [1.29, 1.82) is 0 Å². The summed E-state index contributed by atoms with van der Waals surface area (Å²) < 4.78 is 2.35. The number of aromatic nitrogens is 2. The van der Waals surface area contributed by atoms with Crippen molar-refractivity contribution < 1.29 is 0 Å². The number of fused-ring (bicyclic) bond motifs is 1. The maximum absolute atomic E-state index is 4.46. The van der Waals surface area contributed by atoms with Gasteiger partial charge in [-0.3, -0.25) is 0 Å². The number of nitrogens with one attached hydrogen (secondary N) is 1. The maximum atomic E-state index is 4.46. The van der Waals surface area contributed by atoms with Gasteiger partial charge in [0.05, 0.1) is 17.4 Å². The number of hydrogen-bond donors (Lipinski definition) is 1. The van der Waals surface area contributed by atoms with Crippen LogP contribution in [-0.2, 0) is 0 Å². The van der Waals surface area contributed by atoms with Crippen LogP contribution in [0.1, 0.15) is 18.9 Å². The summed E-state index contributed by atoms with van der Waals surface area (Å²) in [7, 11) is 2.03. The lowest BCUT2D eigenvalue weighted by molar-refractivity contribution is 0.184. The van der Waals surface area contributed by atoms with E-state index in [1.165, 1.54) is 18.4 Å². The standard InChI is InChI=1S/C13H17N3/c1-14-8-10-6-7-12(10)16-9-15-11-4-2-3-5-13(11)16/h2-5,9-10,12,14H,6-8H2,1H3. The van der Waals surface area contributed by atoms with E-state index < -0.39 is 0 Å². The van der Waals surface area contributed by atoms with E-state index in [4.69, 9.17) is 0 Å². The van der Waals surface area contributed by atoms with Gasteiger partial charge >= 0.3 is 0 Å². The van der Waals surface area contributed by atoms with E-state index in [9.17, 15) is 0 Å². The van der Waals surface area contributed by atoms with Crippen molar-refractivity contribution >= 4 is 11.0 Å². The summed E-state index contributed by atoms with van der Waals surface area (Å²) in [5.41, 5.74) is 2.38. The van der Waals surface area contributed by atoms with Gasteiger partial charge in [0.15, 0.2) is 0 Å². The van der Waals surface area contributed by atoms with Gasteiger partial charge in [-0.1, -0.05) is 12.1 Å². The van der Waals surface area contributed by atoms with Crippen molar-refractivity contribution in [3.63, 3.8) is 0 Å². The van der Waals surface area contributed by atoms with Crippen LogP contribution in [0.2, 0.25) is 0 Å². The number of nitrogens with zero attached hydrogens (tertiary/aromatic N) is 2. The van der Waals surface area contributed by atoms with Crippen molar-refractivity contribution in [2.45, 2.75) is 18.9 Å². The van der Waals surface area contributed by atoms with Gasteiger partial charge in [0.25, 0.3) is 0 Å². The van der Waals surface area contributed by atoms with Crippen LogP contribution in [-0.4, -0.2) is 23.1 Å². The predicted octanol–water partition coefficient (Wildman–Crippen LogP) is 2.21. The molecule has 3 nitrogen and oxygen atoms in total. The molecule has 2 unspecified atom stereocenters. The van der Waals surface area contributed by atoms with Crippen LogP contribution < -0.4 is 5.32 Å². The summed E-state index contributed by atoms with van der Waals surface area (Å²) in [6.07, 6.45) is 4.61. The largest absolute Gasteiger partial charge is 0.327 e. The highest BCUT2D eigenvalue weighted by atomic mass is 15.1. The molecule has 0 saturated heterocycles. The second-order valence-corrected chi connectivity index (χ2v) is 4.60. The van der Waals surface area contributed by atoms with Crippen molar-refractivity contribution in [2.75, 3.05) is 13.6 Å². The summed E-state index contributed by atoms with van der Waals surface area (Å²) in [6, 6.07) is 9.02. The first-order chi connectivity index (χ1) is 7.90. The van der Waals surface area contributed by atoms with Crippen LogP contribution in [0.4, 0.5) is 0 Å². The summed E-state index contributed by atoms with van der Waals surface area (Å²) in [4.78, 5) is 4.46. The molecular weight excluding hydrogens is 198 g/mol. The highest BCUT2D eigenvalue weighted by Gasteiger charge is 2.32. The first-order valence-electron chi connectivity index (χ1n) is 5.96. The molecule has 3 heteroatoms. The van der Waals surface area contributed by atoms with Crippen LogP contribution in [0.3, 0.4) is 0 Å². The third-order valence-corrected chi connectivity index (χ3v) is 3.68. The molecule has 1 aromatic heterocycles. The normalized spacial score (nSPS) is 24.6. The van der Waals surface area contributed by atoms with E-state index in [0.717, 1.165) is 18.0 Å². The molecule has 1 aliphatic rings. The Morgan fingerprint density at radius 2 is 2.25 bits per heavy atom. The molecular formula is C13H17N3. The molecule has 1 N–H and O–H groups in total. The third-order valence-electron chi connectivity index (χ3n) is 3.68. The molecule has 1 heterocycles. The van der Waals surface area contributed by atoms with Crippen LogP contribution in [0.15, 0.2) is 30.6 Å². The van der Waals surface area contributed by atoms with Gasteiger partial charge in [0, 0.05) is 6.04 Å². The van der Waals surface area contributed by atoms with Crippen LogP contribution in [0.5, 0.6) is 0 Å². The van der Waals surface area contributed by atoms with Gasteiger partial charge in [-0.25, -0.2) is 4.98 Å². The number of imidazole rings is 1. The average Bonchev–Trinajstić information content (AvgIpc) is 2.69. The summed E-state index contributed by atoms with van der Waals surface area (Å²) in [5.74, 6) is 0.766. The zero-order chi connectivity index (χ0) is 11.0. The molecule has 0 aliphatic heterocycles. The minimum absolute atomic E-state index is 0.639. The zero-order valence-corrected chi connectivity index (χ0v) is 9.56. The molecule has 1 aliphatic carbocycles. The molecule has 0 spiro atoms. The van der Waals surface area contributed by atoms with Crippen LogP contribution >= 0.6 is 0 Å². The van der Waals surface area contributed by atoms with Crippen molar-refractivity contribution in [1.82, 2.24) is 14.9 Å². The van der Waals surface area contributed by atoms with E-state index in [2.05, 4.69) is 33.1 Å². The third kappa shape index (κ3) is 1.43. The van der Waals surface area contributed by atoms with Crippen molar-refractivity contribution in [3.8, 4) is 0 Å². The molecule has 1 saturated carbocycles. The van der Waals surface area contributed by atoms with Gasteiger partial charge in [-0.2, -0.15) is 0 Å². The lowest BCUT2D eigenvalue weighted by atomic mass is 9.79. The summed E-state index contributed by atoms with van der Waals surface area (Å²) >= 11 is 0. The monoisotopic (exact) mass is 215 g/mol. The molecule has 0 amide bonds. The van der Waals surface area contributed by atoms with Gasteiger partial charge in [-0.05, 0) is 44.5 Å². The lowest BCUT2D eigenvalue weighted by Crippen LogP contribution is -2.35. The Morgan fingerprint density at radius 3 is 3.00 bits per heavy atom. The molecule has 84 valence electrons. The first-order valence-corrected chi connectivity index (χ1v) is 5.96. The molecule has 2 aromatic rings. The zero-order valence-electron chi connectivity index (χ0n) is 9.56. The van der Waals surface area contributed by atoms with Crippen LogP contribution in [0.25, 0.3) is 11.0 Å². The highest BCUT2D eigenvalue weighted by Crippen LogP contribution is 2.39. The number of para-hydroxylation sites is 2. The summed E-state index contributed by atoms with van der Waals surface area (Å²) in [5, 5.41) is 3.28. The molecule has 2 atom stereocenters. The molecule has 1 aromatic carbocycles. The van der Waals surface area contributed by atoms with Gasteiger partial charge in [0.2, 0.25) is 0 Å². The Morgan fingerprint density at radius 1 is 1.38 bits per heavy atom. The molecule has 3 rings (SSSR count). The molecule has 1 fully saturated rings. The number of hydrogen-bond acceptors (Lipinski definition) is 2. The smallest absolute Gasteiger partial charge is 0.0961 e. The van der Waals surface area contributed by atoms with Crippen molar-refractivity contribution in [3.05, 3.63) is 30.6 Å². The molecule has 0 radical (unpaired) electrons. The van der Waals surface area contributed by atoms with Crippen molar-refractivity contribution in [2.24, 2.45) is 5.92 Å². The fourth-order valence-corrected chi connectivity index (χ4v) is 2.66. The Labute approximate surface area is 95.5 Å². The molecule has 16 heavy (non-hydrogen) atoms. The van der Waals surface area contributed by atoms with E-state index >= 15 is 0 Å². The Bertz CT molecular complexity index is 489. The second-order valence-electron chi connectivity index (χ2n) is 4.60. The Hall–Kier alpha value is -1.35.